The van der Waals surface area contributed by atoms with Crippen LogP contribution in [0.5, 0.6) is 11.5 Å². The standard InChI is InChI=1S/C27H23Cl3N2O3/c1-3-19-7-5-6-8-24(19)32-27(33)20(15-31)11-18-13-23(30)26(25(14-18)34-4-2)35-16-17-9-10-21(28)22(29)12-17/h5-14H,3-4,16H2,1-2H3,(H,32,33)/b20-11+. The van der Waals surface area contributed by atoms with E-state index in [-0.39, 0.29) is 17.2 Å². The van der Waals surface area contributed by atoms with Gasteiger partial charge in [-0.3, -0.25) is 4.79 Å². The van der Waals surface area contributed by atoms with Crippen LogP contribution in [0.4, 0.5) is 5.69 Å². The number of hydrogen-bond donors (Lipinski definition) is 1. The lowest BCUT2D eigenvalue weighted by molar-refractivity contribution is -0.112. The fourth-order valence-corrected chi connectivity index (χ4v) is 3.91. The molecule has 180 valence electrons. The maximum atomic E-state index is 12.8. The van der Waals surface area contributed by atoms with Gasteiger partial charge in [0, 0.05) is 5.69 Å². The van der Waals surface area contributed by atoms with Crippen molar-refractivity contribution in [2.75, 3.05) is 11.9 Å². The van der Waals surface area contributed by atoms with Gasteiger partial charge in [-0.2, -0.15) is 5.26 Å². The summed E-state index contributed by atoms with van der Waals surface area (Å²) in [6.45, 7) is 4.38. The number of carbonyl (C=O) groups is 1. The highest BCUT2D eigenvalue weighted by atomic mass is 35.5. The quantitative estimate of drug-likeness (QED) is 0.227. The van der Waals surface area contributed by atoms with Crippen molar-refractivity contribution < 1.29 is 14.3 Å². The van der Waals surface area contributed by atoms with E-state index < -0.39 is 5.91 Å². The van der Waals surface area contributed by atoms with Crippen LogP contribution in [0.25, 0.3) is 6.08 Å². The van der Waals surface area contributed by atoms with Gasteiger partial charge in [0.1, 0.15) is 18.2 Å². The Labute approximate surface area is 219 Å². The monoisotopic (exact) mass is 528 g/mol. The Balaban J connectivity index is 1.86. The minimum absolute atomic E-state index is 0.0705. The summed E-state index contributed by atoms with van der Waals surface area (Å²) in [6, 6.07) is 17.9. The highest BCUT2D eigenvalue weighted by Gasteiger charge is 2.16. The van der Waals surface area contributed by atoms with Crippen LogP contribution < -0.4 is 14.8 Å². The lowest BCUT2D eigenvalue weighted by atomic mass is 10.1. The van der Waals surface area contributed by atoms with Gasteiger partial charge in [-0.25, -0.2) is 0 Å². The van der Waals surface area contributed by atoms with Crippen molar-refractivity contribution in [3.8, 4) is 17.6 Å². The minimum atomic E-state index is -0.512. The van der Waals surface area contributed by atoms with E-state index in [4.69, 9.17) is 44.3 Å². The number of ether oxygens (including phenoxy) is 2. The Bertz CT molecular complexity index is 1300. The van der Waals surface area contributed by atoms with Crippen molar-refractivity contribution >= 4 is 52.5 Å². The number of nitriles is 1. The molecule has 0 unspecified atom stereocenters. The summed E-state index contributed by atoms with van der Waals surface area (Å²) in [5.74, 6) is 0.222. The first-order valence-electron chi connectivity index (χ1n) is 10.9. The van der Waals surface area contributed by atoms with E-state index in [1.54, 1.807) is 36.4 Å². The van der Waals surface area contributed by atoms with Gasteiger partial charge < -0.3 is 14.8 Å². The van der Waals surface area contributed by atoms with Crippen LogP contribution in [0.3, 0.4) is 0 Å². The van der Waals surface area contributed by atoms with Crippen molar-refractivity contribution in [3.05, 3.63) is 91.9 Å². The molecule has 1 amide bonds. The summed E-state index contributed by atoms with van der Waals surface area (Å²) in [4.78, 5) is 12.8. The Morgan fingerprint density at radius 1 is 1.00 bits per heavy atom. The van der Waals surface area contributed by atoms with E-state index in [1.165, 1.54) is 6.08 Å². The summed E-state index contributed by atoms with van der Waals surface area (Å²) < 4.78 is 11.6. The number of hydrogen-bond acceptors (Lipinski definition) is 4. The molecule has 0 fully saturated rings. The summed E-state index contributed by atoms with van der Waals surface area (Å²) in [7, 11) is 0. The van der Waals surface area contributed by atoms with Gasteiger partial charge in [0.15, 0.2) is 11.5 Å². The number of carbonyl (C=O) groups excluding carboxylic acids is 1. The van der Waals surface area contributed by atoms with Crippen LogP contribution in [0.1, 0.15) is 30.5 Å². The van der Waals surface area contributed by atoms with Crippen molar-refractivity contribution in [2.45, 2.75) is 26.9 Å². The van der Waals surface area contributed by atoms with Gasteiger partial charge in [0.2, 0.25) is 0 Å². The van der Waals surface area contributed by atoms with E-state index in [9.17, 15) is 10.1 Å². The number of amides is 1. The lowest BCUT2D eigenvalue weighted by Crippen LogP contribution is -2.14. The molecule has 0 spiro atoms. The van der Waals surface area contributed by atoms with Crippen LogP contribution >= 0.6 is 34.8 Å². The first-order valence-corrected chi connectivity index (χ1v) is 12.0. The molecule has 0 bridgehead atoms. The van der Waals surface area contributed by atoms with Gasteiger partial charge in [0.05, 0.1) is 21.7 Å². The number of anilines is 1. The van der Waals surface area contributed by atoms with E-state index in [0.29, 0.717) is 39.4 Å². The second kappa shape index (κ2) is 12.5. The maximum Gasteiger partial charge on any atom is 0.266 e. The zero-order valence-corrected chi connectivity index (χ0v) is 21.5. The Kier molecular flexibility index (Phi) is 9.45. The first-order chi connectivity index (χ1) is 16.9. The van der Waals surface area contributed by atoms with E-state index in [1.807, 2.05) is 38.1 Å². The largest absolute Gasteiger partial charge is 0.490 e. The van der Waals surface area contributed by atoms with Crippen molar-refractivity contribution in [2.24, 2.45) is 0 Å². The van der Waals surface area contributed by atoms with E-state index in [2.05, 4.69) is 5.32 Å². The molecule has 3 aromatic rings. The van der Waals surface area contributed by atoms with Gasteiger partial charge in [0.25, 0.3) is 5.91 Å². The summed E-state index contributed by atoms with van der Waals surface area (Å²) in [5, 5.41) is 13.6. The fourth-order valence-electron chi connectivity index (χ4n) is 3.31. The number of benzene rings is 3. The Hall–Kier alpha value is -3.17. The Morgan fingerprint density at radius 2 is 1.77 bits per heavy atom. The highest BCUT2D eigenvalue weighted by Crippen LogP contribution is 2.38. The number of rotatable bonds is 9. The molecule has 3 rings (SSSR count). The fraction of sp³-hybridized carbons (Fsp3) is 0.185. The highest BCUT2D eigenvalue weighted by molar-refractivity contribution is 6.42. The molecule has 0 aliphatic rings. The number of aryl methyl sites for hydroxylation is 1. The molecule has 3 aromatic carbocycles. The maximum absolute atomic E-state index is 12.8. The minimum Gasteiger partial charge on any atom is -0.490 e. The summed E-state index contributed by atoms with van der Waals surface area (Å²) in [5.41, 5.74) is 2.90. The zero-order valence-electron chi connectivity index (χ0n) is 19.2. The van der Waals surface area contributed by atoms with Crippen LogP contribution in [-0.4, -0.2) is 12.5 Å². The third-order valence-electron chi connectivity index (χ3n) is 5.02. The van der Waals surface area contributed by atoms with Gasteiger partial charge >= 0.3 is 0 Å². The van der Waals surface area contributed by atoms with Crippen molar-refractivity contribution in [1.82, 2.24) is 0 Å². The smallest absolute Gasteiger partial charge is 0.266 e. The predicted octanol–water partition coefficient (Wildman–Crippen LogP) is 7.73. The molecule has 0 saturated heterocycles. The molecule has 0 aliphatic carbocycles. The molecule has 5 nitrogen and oxygen atoms in total. The van der Waals surface area contributed by atoms with Crippen molar-refractivity contribution in [3.63, 3.8) is 0 Å². The summed E-state index contributed by atoms with van der Waals surface area (Å²) >= 11 is 18.6. The molecule has 0 radical (unpaired) electrons. The molecule has 35 heavy (non-hydrogen) atoms. The molecule has 0 aromatic heterocycles. The topological polar surface area (TPSA) is 71.3 Å². The molecule has 0 heterocycles. The molecule has 0 atom stereocenters. The molecule has 0 saturated carbocycles. The first kappa shape index (κ1) is 26.4. The Morgan fingerprint density at radius 3 is 2.46 bits per heavy atom. The predicted molar refractivity (Wildman–Crippen MR) is 141 cm³/mol. The van der Waals surface area contributed by atoms with Gasteiger partial charge in [-0.15, -0.1) is 0 Å². The number of nitrogens with zero attached hydrogens (tertiary/aromatic N) is 1. The van der Waals surface area contributed by atoms with Crippen LogP contribution in [0.15, 0.2) is 60.2 Å². The van der Waals surface area contributed by atoms with Crippen LogP contribution in [-0.2, 0) is 17.8 Å². The van der Waals surface area contributed by atoms with Gasteiger partial charge in [-0.05, 0) is 66.4 Å². The SMILES string of the molecule is CCOc1cc(/C=C(\C#N)C(=O)Nc2ccccc2CC)cc(Cl)c1OCc1ccc(Cl)c(Cl)c1. The zero-order chi connectivity index (χ0) is 25.4. The molecular weight excluding hydrogens is 507 g/mol. The van der Waals surface area contributed by atoms with E-state index >= 15 is 0 Å². The second-order valence-corrected chi connectivity index (χ2v) is 8.66. The summed E-state index contributed by atoms with van der Waals surface area (Å²) in [6.07, 6.45) is 2.21. The molecule has 1 N–H and O–H groups in total. The lowest BCUT2D eigenvalue weighted by Gasteiger charge is -2.15. The molecular formula is C27H23Cl3N2O3. The van der Waals surface area contributed by atoms with E-state index in [0.717, 1.165) is 17.5 Å². The molecule has 8 heteroatoms. The van der Waals surface area contributed by atoms with Crippen molar-refractivity contribution in [1.29, 1.82) is 5.26 Å². The second-order valence-electron chi connectivity index (χ2n) is 7.43. The molecule has 0 aliphatic heterocycles. The van der Waals surface area contributed by atoms with Crippen LogP contribution in [0, 0.1) is 11.3 Å². The van der Waals surface area contributed by atoms with Gasteiger partial charge in [-0.1, -0.05) is 66.0 Å². The average molecular weight is 530 g/mol. The number of nitrogens with one attached hydrogen (secondary N) is 1. The average Bonchev–Trinajstić information content (AvgIpc) is 2.84. The number of para-hydroxylation sites is 1. The number of halogens is 3. The third kappa shape index (κ3) is 6.93. The normalized spacial score (nSPS) is 11.0. The third-order valence-corrected chi connectivity index (χ3v) is 6.04. The van der Waals surface area contributed by atoms with Crippen LogP contribution in [0.2, 0.25) is 15.1 Å².